The predicted octanol–water partition coefficient (Wildman–Crippen LogP) is 2.26. The van der Waals surface area contributed by atoms with Crippen molar-refractivity contribution in [3.8, 4) is 11.5 Å². The standard InChI is InChI=1S/C13H20N2O3/c1-9(2)14-13(16)15(3)10-6-7-11(17-4)12(8-10)18-5/h6-9H,1-5H3,(H,14,16). The third-order valence-corrected chi connectivity index (χ3v) is 2.47. The minimum atomic E-state index is -0.155. The summed E-state index contributed by atoms with van der Waals surface area (Å²) in [5.41, 5.74) is 0.741. The zero-order valence-corrected chi connectivity index (χ0v) is 11.5. The van der Waals surface area contributed by atoms with Crippen molar-refractivity contribution in [3.63, 3.8) is 0 Å². The number of methoxy groups -OCH3 is 2. The number of urea groups is 1. The number of rotatable bonds is 4. The Kier molecular flexibility index (Phi) is 4.83. The number of amides is 2. The van der Waals surface area contributed by atoms with Gasteiger partial charge in [0, 0.05) is 24.8 Å². The van der Waals surface area contributed by atoms with E-state index in [4.69, 9.17) is 9.47 Å². The van der Waals surface area contributed by atoms with Gasteiger partial charge in [-0.05, 0) is 26.0 Å². The van der Waals surface area contributed by atoms with E-state index in [9.17, 15) is 4.79 Å². The molecule has 0 atom stereocenters. The van der Waals surface area contributed by atoms with Gasteiger partial charge in [-0.25, -0.2) is 4.79 Å². The second-order valence-corrected chi connectivity index (χ2v) is 4.20. The lowest BCUT2D eigenvalue weighted by Crippen LogP contribution is -2.40. The second-order valence-electron chi connectivity index (χ2n) is 4.20. The summed E-state index contributed by atoms with van der Waals surface area (Å²) in [5, 5.41) is 2.82. The van der Waals surface area contributed by atoms with E-state index in [0.717, 1.165) is 5.69 Å². The van der Waals surface area contributed by atoms with E-state index in [0.29, 0.717) is 11.5 Å². The topological polar surface area (TPSA) is 50.8 Å². The van der Waals surface area contributed by atoms with Gasteiger partial charge in [-0.3, -0.25) is 4.90 Å². The maximum atomic E-state index is 11.9. The first-order valence-corrected chi connectivity index (χ1v) is 5.75. The van der Waals surface area contributed by atoms with Crippen LogP contribution in [0.15, 0.2) is 18.2 Å². The molecule has 0 saturated heterocycles. The highest BCUT2D eigenvalue weighted by molar-refractivity contribution is 5.91. The Labute approximate surface area is 108 Å². The molecular weight excluding hydrogens is 232 g/mol. The molecule has 0 saturated carbocycles. The number of anilines is 1. The van der Waals surface area contributed by atoms with Crippen LogP contribution >= 0.6 is 0 Å². The summed E-state index contributed by atoms with van der Waals surface area (Å²) in [6.07, 6.45) is 0. The molecule has 0 bridgehead atoms. The molecule has 1 aromatic carbocycles. The Morgan fingerprint density at radius 1 is 1.22 bits per heavy atom. The lowest BCUT2D eigenvalue weighted by molar-refractivity contribution is 0.245. The monoisotopic (exact) mass is 252 g/mol. The molecule has 0 aliphatic heterocycles. The molecule has 0 aliphatic rings. The summed E-state index contributed by atoms with van der Waals surface area (Å²) in [7, 11) is 4.85. The van der Waals surface area contributed by atoms with E-state index in [1.54, 1.807) is 39.5 Å². The van der Waals surface area contributed by atoms with Crippen LogP contribution in [0.2, 0.25) is 0 Å². The van der Waals surface area contributed by atoms with Gasteiger partial charge in [-0.2, -0.15) is 0 Å². The molecule has 0 spiro atoms. The van der Waals surface area contributed by atoms with E-state index < -0.39 is 0 Å². The van der Waals surface area contributed by atoms with E-state index in [1.165, 1.54) is 4.90 Å². The van der Waals surface area contributed by atoms with Gasteiger partial charge in [0.2, 0.25) is 0 Å². The molecule has 5 nitrogen and oxygen atoms in total. The van der Waals surface area contributed by atoms with Crippen molar-refractivity contribution < 1.29 is 14.3 Å². The second kappa shape index (κ2) is 6.14. The van der Waals surface area contributed by atoms with Gasteiger partial charge >= 0.3 is 6.03 Å². The molecule has 0 aliphatic carbocycles. The first-order chi connectivity index (χ1) is 8.49. The fourth-order valence-corrected chi connectivity index (χ4v) is 1.49. The van der Waals surface area contributed by atoms with Crippen molar-refractivity contribution in [2.75, 3.05) is 26.2 Å². The lowest BCUT2D eigenvalue weighted by atomic mass is 10.2. The predicted molar refractivity (Wildman–Crippen MR) is 71.6 cm³/mol. The summed E-state index contributed by atoms with van der Waals surface area (Å²) in [5.74, 6) is 1.23. The molecule has 100 valence electrons. The first-order valence-electron chi connectivity index (χ1n) is 5.75. The van der Waals surface area contributed by atoms with Gasteiger partial charge in [-0.15, -0.1) is 0 Å². The maximum absolute atomic E-state index is 11.9. The van der Waals surface area contributed by atoms with Gasteiger partial charge < -0.3 is 14.8 Å². The molecule has 18 heavy (non-hydrogen) atoms. The maximum Gasteiger partial charge on any atom is 0.321 e. The summed E-state index contributed by atoms with van der Waals surface area (Å²) in [6, 6.07) is 5.28. The smallest absolute Gasteiger partial charge is 0.321 e. The van der Waals surface area contributed by atoms with Crippen LogP contribution in [0.4, 0.5) is 10.5 Å². The first kappa shape index (κ1) is 14.2. The van der Waals surface area contributed by atoms with Gasteiger partial charge in [0.1, 0.15) is 0 Å². The van der Waals surface area contributed by atoms with Crippen molar-refractivity contribution >= 4 is 11.7 Å². The Bertz CT molecular complexity index is 419. The van der Waals surface area contributed by atoms with Crippen LogP contribution in [0.3, 0.4) is 0 Å². The highest BCUT2D eigenvalue weighted by Crippen LogP contribution is 2.31. The number of hydrogen-bond acceptors (Lipinski definition) is 3. The molecular formula is C13H20N2O3. The Balaban J connectivity index is 2.92. The molecule has 0 unspecified atom stereocenters. The Morgan fingerprint density at radius 2 is 1.83 bits per heavy atom. The molecule has 2 amide bonds. The van der Waals surface area contributed by atoms with E-state index in [1.807, 2.05) is 13.8 Å². The Hall–Kier alpha value is -1.91. The SMILES string of the molecule is COc1ccc(N(C)C(=O)NC(C)C)cc1OC. The van der Waals surface area contributed by atoms with Crippen molar-refractivity contribution in [1.29, 1.82) is 0 Å². The number of carbonyl (C=O) groups excluding carboxylic acids is 1. The number of nitrogens with zero attached hydrogens (tertiary/aromatic N) is 1. The normalized spacial score (nSPS) is 10.1. The zero-order valence-electron chi connectivity index (χ0n) is 11.5. The third-order valence-electron chi connectivity index (χ3n) is 2.47. The van der Waals surface area contributed by atoms with Crippen molar-refractivity contribution in [2.24, 2.45) is 0 Å². The molecule has 0 fully saturated rings. The van der Waals surface area contributed by atoms with Crippen molar-refractivity contribution in [3.05, 3.63) is 18.2 Å². The minimum Gasteiger partial charge on any atom is -0.493 e. The van der Waals surface area contributed by atoms with E-state index >= 15 is 0 Å². The lowest BCUT2D eigenvalue weighted by Gasteiger charge is -2.20. The van der Waals surface area contributed by atoms with Crippen LogP contribution in [0.5, 0.6) is 11.5 Å². The molecule has 1 rings (SSSR count). The van der Waals surface area contributed by atoms with Gasteiger partial charge in [-0.1, -0.05) is 0 Å². The van der Waals surface area contributed by atoms with E-state index in [2.05, 4.69) is 5.32 Å². The minimum absolute atomic E-state index is 0.0973. The molecule has 5 heteroatoms. The number of benzene rings is 1. The summed E-state index contributed by atoms with van der Waals surface area (Å²) in [6.45, 7) is 3.83. The highest BCUT2D eigenvalue weighted by Gasteiger charge is 2.14. The average molecular weight is 252 g/mol. The van der Waals surface area contributed by atoms with Crippen LogP contribution in [-0.4, -0.2) is 33.3 Å². The summed E-state index contributed by atoms with van der Waals surface area (Å²) >= 11 is 0. The van der Waals surface area contributed by atoms with Crippen LogP contribution in [0.1, 0.15) is 13.8 Å². The molecule has 0 aromatic heterocycles. The zero-order chi connectivity index (χ0) is 13.7. The molecule has 0 radical (unpaired) electrons. The van der Waals surface area contributed by atoms with Gasteiger partial charge in [0.05, 0.1) is 14.2 Å². The van der Waals surface area contributed by atoms with Crippen LogP contribution in [0.25, 0.3) is 0 Å². The van der Waals surface area contributed by atoms with Crippen molar-refractivity contribution in [2.45, 2.75) is 19.9 Å². The molecule has 0 heterocycles. The van der Waals surface area contributed by atoms with Crippen LogP contribution < -0.4 is 19.7 Å². The van der Waals surface area contributed by atoms with Gasteiger partial charge in [0.25, 0.3) is 0 Å². The largest absolute Gasteiger partial charge is 0.493 e. The molecule has 1 aromatic rings. The number of hydrogen-bond donors (Lipinski definition) is 1. The van der Waals surface area contributed by atoms with Crippen LogP contribution in [-0.2, 0) is 0 Å². The Morgan fingerprint density at radius 3 is 2.33 bits per heavy atom. The number of carbonyl (C=O) groups is 1. The van der Waals surface area contributed by atoms with Gasteiger partial charge in [0.15, 0.2) is 11.5 Å². The highest BCUT2D eigenvalue weighted by atomic mass is 16.5. The third kappa shape index (κ3) is 3.29. The summed E-state index contributed by atoms with van der Waals surface area (Å²) in [4.78, 5) is 13.4. The quantitative estimate of drug-likeness (QED) is 0.894. The molecule has 1 N–H and O–H groups in total. The average Bonchev–Trinajstić information content (AvgIpc) is 2.36. The fraction of sp³-hybridized carbons (Fsp3) is 0.462. The number of ether oxygens (including phenoxy) is 2. The summed E-state index contributed by atoms with van der Waals surface area (Å²) < 4.78 is 10.4. The van der Waals surface area contributed by atoms with Crippen LogP contribution in [0, 0.1) is 0 Å². The van der Waals surface area contributed by atoms with E-state index in [-0.39, 0.29) is 12.1 Å². The number of nitrogens with one attached hydrogen (secondary N) is 1. The van der Waals surface area contributed by atoms with Crippen molar-refractivity contribution in [1.82, 2.24) is 5.32 Å². The fourth-order valence-electron chi connectivity index (χ4n) is 1.49.